The van der Waals surface area contributed by atoms with Gasteiger partial charge in [-0.2, -0.15) is 13.2 Å². The summed E-state index contributed by atoms with van der Waals surface area (Å²) in [6, 6.07) is 3.45. The van der Waals surface area contributed by atoms with E-state index >= 15 is 0 Å². The van der Waals surface area contributed by atoms with Crippen molar-refractivity contribution in [2.45, 2.75) is 18.6 Å². The molecular weight excluding hydrogens is 395 g/mol. The molecular formula is C17H18F3N5O2S. The van der Waals surface area contributed by atoms with E-state index in [0.29, 0.717) is 50.1 Å². The predicted molar refractivity (Wildman–Crippen MR) is 96.4 cm³/mol. The van der Waals surface area contributed by atoms with Gasteiger partial charge in [0.15, 0.2) is 0 Å². The van der Waals surface area contributed by atoms with Crippen LogP contribution in [-0.2, 0) is 6.18 Å². The first-order chi connectivity index (χ1) is 13.4. The number of carbonyl (C=O) groups is 1. The molecule has 2 aliphatic heterocycles. The number of nitrogens with one attached hydrogen (secondary N) is 1. The highest BCUT2D eigenvalue weighted by molar-refractivity contribution is 7.13. The van der Waals surface area contributed by atoms with Crippen LogP contribution in [0.5, 0.6) is 5.75 Å². The SMILES string of the molecule is O=C(Nc1nncs1)N1CCN(C2CCOc3cc(C(F)(F)F)ccc32)CC1. The summed E-state index contributed by atoms with van der Waals surface area (Å²) < 4.78 is 44.3. The Morgan fingerprint density at radius 1 is 1.25 bits per heavy atom. The second-order valence-electron chi connectivity index (χ2n) is 6.60. The summed E-state index contributed by atoms with van der Waals surface area (Å²) in [4.78, 5) is 16.2. The summed E-state index contributed by atoms with van der Waals surface area (Å²) in [7, 11) is 0. The first-order valence-electron chi connectivity index (χ1n) is 8.82. The van der Waals surface area contributed by atoms with E-state index in [1.807, 2.05) is 0 Å². The summed E-state index contributed by atoms with van der Waals surface area (Å²) in [6.07, 6.45) is -3.69. The fraction of sp³-hybridized carbons (Fsp3) is 0.471. The first kappa shape index (κ1) is 18.9. The lowest BCUT2D eigenvalue weighted by atomic mass is 9.96. The Morgan fingerprint density at radius 3 is 2.71 bits per heavy atom. The molecule has 150 valence electrons. The maximum atomic E-state index is 12.9. The molecule has 2 amide bonds. The number of ether oxygens (including phenoxy) is 1. The monoisotopic (exact) mass is 413 g/mol. The fourth-order valence-electron chi connectivity index (χ4n) is 3.56. The van der Waals surface area contributed by atoms with Gasteiger partial charge >= 0.3 is 12.2 Å². The quantitative estimate of drug-likeness (QED) is 0.819. The molecule has 1 atom stereocenters. The molecule has 28 heavy (non-hydrogen) atoms. The van der Waals surface area contributed by atoms with Crippen LogP contribution in [0.3, 0.4) is 0 Å². The Balaban J connectivity index is 1.41. The molecule has 1 aromatic heterocycles. The van der Waals surface area contributed by atoms with Crippen LogP contribution in [0.4, 0.5) is 23.1 Å². The van der Waals surface area contributed by atoms with Crippen molar-refractivity contribution in [3.8, 4) is 5.75 Å². The first-order valence-corrected chi connectivity index (χ1v) is 9.70. The van der Waals surface area contributed by atoms with Crippen molar-refractivity contribution >= 4 is 22.5 Å². The number of hydrogen-bond donors (Lipinski definition) is 1. The van der Waals surface area contributed by atoms with Gasteiger partial charge < -0.3 is 9.64 Å². The molecule has 4 rings (SSSR count). The van der Waals surface area contributed by atoms with Crippen molar-refractivity contribution in [2.75, 3.05) is 38.1 Å². The lowest BCUT2D eigenvalue weighted by Gasteiger charge is -2.41. The van der Waals surface area contributed by atoms with Crippen LogP contribution < -0.4 is 10.1 Å². The number of rotatable bonds is 2. The van der Waals surface area contributed by atoms with Crippen LogP contribution in [0.15, 0.2) is 23.7 Å². The van der Waals surface area contributed by atoms with E-state index in [4.69, 9.17) is 4.74 Å². The number of amides is 2. The second-order valence-corrected chi connectivity index (χ2v) is 7.43. The van der Waals surface area contributed by atoms with Gasteiger partial charge in [-0.15, -0.1) is 10.2 Å². The lowest BCUT2D eigenvalue weighted by molar-refractivity contribution is -0.137. The van der Waals surface area contributed by atoms with Crippen LogP contribution >= 0.6 is 11.3 Å². The molecule has 0 saturated carbocycles. The standard InChI is InChI=1S/C17H18F3N5O2S/c18-17(19,20)11-1-2-12-13(3-8-27-14(12)9-11)24-4-6-25(7-5-24)16(26)22-15-23-21-10-28-15/h1-2,9-10,13H,3-8H2,(H,22,23,26). The third-order valence-electron chi connectivity index (χ3n) is 4.96. The topological polar surface area (TPSA) is 70.6 Å². The zero-order valence-corrected chi connectivity index (χ0v) is 15.6. The minimum absolute atomic E-state index is 0.0144. The Morgan fingerprint density at radius 2 is 2.04 bits per heavy atom. The van der Waals surface area contributed by atoms with Crippen LogP contribution in [-0.4, -0.2) is 58.8 Å². The summed E-state index contributed by atoms with van der Waals surface area (Å²) >= 11 is 1.25. The van der Waals surface area contributed by atoms with Gasteiger partial charge in [-0.1, -0.05) is 17.4 Å². The molecule has 1 saturated heterocycles. The minimum atomic E-state index is -4.39. The fourth-order valence-corrected chi connectivity index (χ4v) is 4.00. The Hall–Kier alpha value is -2.40. The number of carbonyl (C=O) groups excluding carboxylic acids is 1. The normalized spacial score (nSPS) is 20.4. The second kappa shape index (κ2) is 7.55. The van der Waals surface area contributed by atoms with Gasteiger partial charge in [-0.3, -0.25) is 10.2 Å². The van der Waals surface area contributed by atoms with E-state index in [9.17, 15) is 18.0 Å². The van der Waals surface area contributed by atoms with Crippen molar-refractivity contribution in [3.05, 3.63) is 34.8 Å². The van der Waals surface area contributed by atoms with Gasteiger partial charge in [-0.05, 0) is 12.1 Å². The smallest absolute Gasteiger partial charge is 0.416 e. The van der Waals surface area contributed by atoms with E-state index in [-0.39, 0.29) is 12.1 Å². The van der Waals surface area contributed by atoms with Gasteiger partial charge in [0.2, 0.25) is 5.13 Å². The van der Waals surface area contributed by atoms with Crippen molar-refractivity contribution in [3.63, 3.8) is 0 Å². The highest BCUT2D eigenvalue weighted by atomic mass is 32.1. The molecule has 1 aromatic carbocycles. The zero-order valence-electron chi connectivity index (χ0n) is 14.8. The van der Waals surface area contributed by atoms with E-state index < -0.39 is 11.7 Å². The maximum absolute atomic E-state index is 12.9. The van der Waals surface area contributed by atoms with Gasteiger partial charge in [-0.25, -0.2) is 4.79 Å². The third kappa shape index (κ3) is 3.90. The zero-order chi connectivity index (χ0) is 19.7. The number of aromatic nitrogens is 2. The lowest BCUT2D eigenvalue weighted by Crippen LogP contribution is -2.51. The van der Waals surface area contributed by atoms with Crippen molar-refractivity contribution < 1.29 is 22.7 Å². The Labute approximate surface area is 163 Å². The summed E-state index contributed by atoms with van der Waals surface area (Å²) in [6.45, 7) is 2.69. The Kier molecular flexibility index (Phi) is 5.11. The molecule has 0 spiro atoms. The molecule has 2 aromatic rings. The van der Waals surface area contributed by atoms with Crippen molar-refractivity contribution in [1.29, 1.82) is 0 Å². The number of halogens is 3. The van der Waals surface area contributed by atoms with Gasteiger partial charge in [0.25, 0.3) is 0 Å². The van der Waals surface area contributed by atoms with Crippen LogP contribution in [0, 0.1) is 0 Å². The van der Waals surface area contributed by atoms with E-state index in [1.165, 1.54) is 17.4 Å². The van der Waals surface area contributed by atoms with Crippen molar-refractivity contribution in [1.82, 2.24) is 20.0 Å². The average Bonchev–Trinajstić information content (AvgIpc) is 3.19. The average molecular weight is 413 g/mol. The number of hydrogen-bond acceptors (Lipinski definition) is 6. The maximum Gasteiger partial charge on any atom is 0.416 e. The van der Waals surface area contributed by atoms with Crippen LogP contribution in [0.2, 0.25) is 0 Å². The molecule has 0 aliphatic carbocycles. The van der Waals surface area contributed by atoms with E-state index in [1.54, 1.807) is 10.4 Å². The molecule has 3 heterocycles. The Bertz CT molecular complexity index is 838. The third-order valence-corrected chi connectivity index (χ3v) is 5.57. The number of nitrogens with zero attached hydrogens (tertiary/aromatic N) is 4. The summed E-state index contributed by atoms with van der Waals surface area (Å²) in [5.74, 6) is 0.294. The largest absolute Gasteiger partial charge is 0.493 e. The van der Waals surface area contributed by atoms with Crippen molar-refractivity contribution in [2.24, 2.45) is 0 Å². The highest BCUT2D eigenvalue weighted by Crippen LogP contribution is 2.40. The number of fused-ring (bicyclic) bond motifs is 1. The number of piperazine rings is 1. The van der Waals surface area contributed by atoms with Gasteiger partial charge in [0.1, 0.15) is 11.3 Å². The highest BCUT2D eigenvalue weighted by Gasteiger charge is 2.35. The van der Waals surface area contributed by atoms with Gasteiger partial charge in [0, 0.05) is 44.2 Å². The molecule has 1 unspecified atom stereocenters. The molecule has 1 N–H and O–H groups in total. The van der Waals surface area contributed by atoms with E-state index in [0.717, 1.165) is 17.7 Å². The number of benzene rings is 1. The predicted octanol–water partition coefficient (Wildman–Crippen LogP) is 3.23. The molecule has 11 heteroatoms. The molecule has 2 aliphatic rings. The molecule has 0 bridgehead atoms. The van der Waals surface area contributed by atoms with Crippen LogP contribution in [0.25, 0.3) is 0 Å². The van der Waals surface area contributed by atoms with Crippen LogP contribution in [0.1, 0.15) is 23.6 Å². The number of alkyl halides is 3. The number of anilines is 1. The van der Waals surface area contributed by atoms with Gasteiger partial charge in [0.05, 0.1) is 12.2 Å². The molecule has 0 radical (unpaired) electrons. The molecule has 7 nitrogen and oxygen atoms in total. The summed E-state index contributed by atoms with van der Waals surface area (Å²) in [5.41, 5.74) is 1.61. The van der Waals surface area contributed by atoms with E-state index in [2.05, 4.69) is 20.4 Å². The minimum Gasteiger partial charge on any atom is -0.493 e. The molecule has 1 fully saturated rings. The summed E-state index contributed by atoms with van der Waals surface area (Å²) in [5, 5.41) is 10.6. The number of urea groups is 1.